The average Bonchev–Trinajstić information content (AvgIpc) is 3.35. The monoisotopic (exact) mass is 412 g/mol. The normalized spacial score (nSPS) is 22.4. The first kappa shape index (κ1) is 21.2. The van der Waals surface area contributed by atoms with Crippen LogP contribution in [-0.2, 0) is 4.79 Å². The molecule has 1 aliphatic carbocycles. The molecule has 0 radical (unpaired) electrons. The molecule has 10 heteroatoms. The molecule has 160 valence electrons. The highest BCUT2D eigenvalue weighted by atomic mass is 19.3. The molecule has 2 saturated heterocycles. The van der Waals surface area contributed by atoms with Crippen LogP contribution in [0, 0.1) is 11.8 Å². The van der Waals surface area contributed by atoms with E-state index in [1.54, 1.807) is 4.90 Å². The molecule has 4 rings (SSSR count). The van der Waals surface area contributed by atoms with E-state index < -0.39 is 25.0 Å². The molecule has 8 nitrogen and oxygen atoms in total. The maximum Gasteiger partial charge on any atom is 0.300 e. The minimum atomic E-state index is -2.70. The summed E-state index contributed by atoms with van der Waals surface area (Å²) in [4.78, 5) is 33.4. The van der Waals surface area contributed by atoms with E-state index in [1.165, 1.54) is 11.1 Å². The zero-order valence-corrected chi connectivity index (χ0v) is 16.6. The first-order chi connectivity index (χ1) is 13.6. The number of nitrogens with zero attached hydrogens (tertiary/aromatic N) is 4. The number of carboxylic acids is 1. The van der Waals surface area contributed by atoms with Crippen LogP contribution < -0.4 is 9.64 Å². The van der Waals surface area contributed by atoms with Gasteiger partial charge in [0.1, 0.15) is 0 Å². The highest BCUT2D eigenvalue weighted by Gasteiger charge is 2.46. The number of amides is 1. The Morgan fingerprint density at radius 1 is 1.31 bits per heavy atom. The van der Waals surface area contributed by atoms with Crippen molar-refractivity contribution < 1.29 is 28.2 Å². The molecular weight excluding hydrogens is 386 g/mol. The Labute approximate surface area is 167 Å². The molecule has 1 unspecified atom stereocenters. The van der Waals surface area contributed by atoms with Gasteiger partial charge >= 0.3 is 0 Å². The number of aliphatic carboxylic acids is 1. The van der Waals surface area contributed by atoms with Crippen LogP contribution in [0.2, 0.25) is 0 Å². The Hall–Kier alpha value is -2.52. The lowest BCUT2D eigenvalue weighted by molar-refractivity contribution is -0.134. The van der Waals surface area contributed by atoms with E-state index >= 15 is 0 Å². The van der Waals surface area contributed by atoms with Gasteiger partial charge in [0.15, 0.2) is 11.5 Å². The molecule has 1 saturated carbocycles. The van der Waals surface area contributed by atoms with Crippen molar-refractivity contribution in [2.45, 2.75) is 39.0 Å². The molecule has 1 aromatic heterocycles. The number of anilines is 1. The second-order valence-corrected chi connectivity index (χ2v) is 8.01. The number of carbonyl (C=O) groups is 2. The van der Waals surface area contributed by atoms with Gasteiger partial charge in [-0.15, -0.1) is 0 Å². The van der Waals surface area contributed by atoms with Crippen molar-refractivity contribution in [1.82, 2.24) is 14.9 Å². The van der Waals surface area contributed by atoms with Crippen molar-refractivity contribution in [2.75, 3.05) is 37.7 Å². The summed E-state index contributed by atoms with van der Waals surface area (Å²) in [5.41, 5.74) is 0.218. The van der Waals surface area contributed by atoms with Gasteiger partial charge in [0.25, 0.3) is 23.7 Å². The van der Waals surface area contributed by atoms with Crippen LogP contribution in [0.5, 0.6) is 5.88 Å². The van der Waals surface area contributed by atoms with Gasteiger partial charge in [-0.1, -0.05) is 6.92 Å². The van der Waals surface area contributed by atoms with Gasteiger partial charge in [-0.2, -0.15) is 0 Å². The molecule has 3 aliphatic rings. The molecule has 0 spiro atoms. The van der Waals surface area contributed by atoms with Crippen molar-refractivity contribution in [1.29, 1.82) is 0 Å². The number of halogens is 2. The molecule has 0 aromatic carbocycles. The molecule has 1 amide bonds. The zero-order chi connectivity index (χ0) is 21.2. The summed E-state index contributed by atoms with van der Waals surface area (Å²) in [6.45, 7) is 4.32. The summed E-state index contributed by atoms with van der Waals surface area (Å²) in [6, 6.07) is 0. The van der Waals surface area contributed by atoms with Crippen molar-refractivity contribution in [3.63, 3.8) is 0 Å². The van der Waals surface area contributed by atoms with Crippen molar-refractivity contribution >= 4 is 17.7 Å². The van der Waals surface area contributed by atoms with Crippen LogP contribution in [0.3, 0.4) is 0 Å². The van der Waals surface area contributed by atoms with Crippen LogP contribution in [0.15, 0.2) is 6.20 Å². The number of likely N-dealkylation sites (tertiary alicyclic amines) is 1. The first-order valence-electron chi connectivity index (χ1n) is 9.76. The highest BCUT2D eigenvalue weighted by molar-refractivity contribution is 5.92. The minimum absolute atomic E-state index is 0.173. The second-order valence-electron chi connectivity index (χ2n) is 8.01. The predicted octanol–water partition coefficient (Wildman–Crippen LogP) is 2.29. The van der Waals surface area contributed by atoms with Crippen molar-refractivity contribution in [3.8, 4) is 5.88 Å². The molecule has 1 aromatic rings. The summed E-state index contributed by atoms with van der Waals surface area (Å²) in [6.07, 6.45) is 4.57. The number of aromatic nitrogens is 2. The maximum atomic E-state index is 13.2. The maximum absolute atomic E-state index is 13.2. The van der Waals surface area contributed by atoms with E-state index in [0.717, 1.165) is 26.2 Å². The van der Waals surface area contributed by atoms with Gasteiger partial charge in [0.2, 0.25) is 0 Å². The molecule has 1 N–H and O–H groups in total. The Bertz CT molecular complexity index is 761. The number of carbonyl (C=O) groups excluding carboxylic acids is 1. The molecule has 3 fully saturated rings. The van der Waals surface area contributed by atoms with E-state index in [9.17, 15) is 13.6 Å². The van der Waals surface area contributed by atoms with Crippen LogP contribution in [0.25, 0.3) is 0 Å². The molecule has 1 atom stereocenters. The van der Waals surface area contributed by atoms with Gasteiger partial charge in [-0.3, -0.25) is 9.59 Å². The molecule has 2 aliphatic heterocycles. The van der Waals surface area contributed by atoms with Crippen LogP contribution in [0.4, 0.5) is 14.6 Å². The van der Waals surface area contributed by atoms with Crippen LogP contribution >= 0.6 is 0 Å². The third kappa shape index (κ3) is 5.74. The lowest BCUT2D eigenvalue weighted by Gasteiger charge is -2.39. The second kappa shape index (κ2) is 8.46. The fourth-order valence-electron chi connectivity index (χ4n) is 3.21. The van der Waals surface area contributed by atoms with Crippen molar-refractivity contribution in [3.05, 3.63) is 11.9 Å². The fourth-order valence-corrected chi connectivity index (χ4v) is 3.21. The number of carboxylic acid groups (broad SMARTS) is 1. The van der Waals surface area contributed by atoms with Gasteiger partial charge in [0, 0.05) is 20.0 Å². The van der Waals surface area contributed by atoms with E-state index in [1.807, 2.05) is 0 Å². The Morgan fingerprint density at radius 3 is 2.48 bits per heavy atom. The fraction of sp³-hybridized carbons (Fsp3) is 0.684. The summed E-state index contributed by atoms with van der Waals surface area (Å²) in [7, 11) is 0. The molecule has 0 bridgehead atoms. The third-order valence-corrected chi connectivity index (χ3v) is 4.95. The van der Waals surface area contributed by atoms with Gasteiger partial charge < -0.3 is 19.6 Å². The highest BCUT2D eigenvalue weighted by Crippen LogP contribution is 2.36. The van der Waals surface area contributed by atoms with E-state index in [-0.39, 0.29) is 17.5 Å². The summed E-state index contributed by atoms with van der Waals surface area (Å²) < 4.78 is 32.1. The lowest BCUT2D eigenvalue weighted by atomic mass is 10.1. The van der Waals surface area contributed by atoms with Crippen molar-refractivity contribution in [2.24, 2.45) is 11.8 Å². The molecule has 3 heterocycles. The summed E-state index contributed by atoms with van der Waals surface area (Å²) >= 11 is 0. The number of hydrogen-bond donors (Lipinski definition) is 1. The van der Waals surface area contributed by atoms with E-state index in [0.29, 0.717) is 37.4 Å². The van der Waals surface area contributed by atoms with E-state index in [4.69, 9.17) is 14.6 Å². The average molecular weight is 412 g/mol. The first-order valence-corrected chi connectivity index (χ1v) is 9.76. The van der Waals surface area contributed by atoms with Crippen LogP contribution in [-0.4, -0.2) is 70.6 Å². The number of ether oxygens (including phenoxy) is 1. The van der Waals surface area contributed by atoms with Crippen LogP contribution in [0.1, 0.15) is 43.6 Å². The summed E-state index contributed by atoms with van der Waals surface area (Å²) in [5.74, 6) is -2.24. The number of rotatable bonds is 5. The number of alkyl halides is 2. The largest absolute Gasteiger partial charge is 0.481 e. The summed E-state index contributed by atoms with van der Waals surface area (Å²) in [5, 5.41) is 7.42. The molecule has 29 heavy (non-hydrogen) atoms. The van der Waals surface area contributed by atoms with Gasteiger partial charge in [0.05, 0.1) is 25.9 Å². The quantitative estimate of drug-likeness (QED) is 0.793. The minimum Gasteiger partial charge on any atom is -0.481 e. The predicted molar refractivity (Wildman–Crippen MR) is 100 cm³/mol. The zero-order valence-electron chi connectivity index (χ0n) is 16.6. The lowest BCUT2D eigenvalue weighted by Crippen LogP contribution is -2.56. The third-order valence-electron chi connectivity index (χ3n) is 4.95. The van der Waals surface area contributed by atoms with Gasteiger partial charge in [-0.05, 0) is 31.1 Å². The Balaban J connectivity index is 0.000000552. The smallest absolute Gasteiger partial charge is 0.300 e. The Kier molecular flexibility index (Phi) is 6.18. The molecular formula is C19H26F2N4O4. The van der Waals surface area contributed by atoms with Gasteiger partial charge in [-0.25, -0.2) is 18.7 Å². The number of hydrogen-bond acceptors (Lipinski definition) is 6. The van der Waals surface area contributed by atoms with E-state index in [2.05, 4.69) is 16.9 Å². The standard InChI is InChI=1S/C17H22F2N4O2.C2H4O2/c1-11-4-5-22(7-11)16(24)13-6-20-14(23-9-17(18,19)10-23)15(21-13)25-8-12-2-3-12;1-2(3)4/h6,11-12H,2-5,7-10H2,1H3;1H3,(H,3,4). The topological polar surface area (TPSA) is 95.9 Å². The Morgan fingerprint density at radius 2 is 1.97 bits per heavy atom. The SMILES string of the molecule is CC(=O)O.CC1CCN(C(=O)c2cnc(N3CC(F)(F)C3)c(OCC3CC3)n2)C1.